The number of Topliss-reactive ketones (excluding diaryl/α,β-unsaturated/α-hetero) is 1. The molecular formula is C26H32N6O3. The number of likely N-dealkylation sites (tertiary alicyclic amines) is 1. The van der Waals surface area contributed by atoms with Gasteiger partial charge in [0.05, 0.1) is 0 Å². The van der Waals surface area contributed by atoms with Gasteiger partial charge in [-0.05, 0) is 39.2 Å². The van der Waals surface area contributed by atoms with Gasteiger partial charge < -0.3 is 9.88 Å². The zero-order valence-corrected chi connectivity index (χ0v) is 20.5. The van der Waals surface area contributed by atoms with Crippen LogP contribution in [0.1, 0.15) is 48.9 Å². The van der Waals surface area contributed by atoms with Crippen molar-refractivity contribution in [2.75, 3.05) is 19.6 Å². The Morgan fingerprint density at radius 3 is 2.69 bits per heavy atom. The summed E-state index contributed by atoms with van der Waals surface area (Å²) in [5.41, 5.74) is 1.26. The van der Waals surface area contributed by atoms with E-state index in [4.69, 9.17) is 4.98 Å². The van der Waals surface area contributed by atoms with Gasteiger partial charge in [-0.2, -0.15) is 0 Å². The fourth-order valence-electron chi connectivity index (χ4n) is 5.42. The Morgan fingerprint density at radius 2 is 1.97 bits per heavy atom. The highest BCUT2D eigenvalue weighted by atomic mass is 16.2. The number of allylic oxidation sites excluding steroid dienone is 2. The first-order chi connectivity index (χ1) is 16.8. The zero-order chi connectivity index (χ0) is 24.7. The minimum atomic E-state index is -0.669. The number of aromatic amines is 1. The summed E-state index contributed by atoms with van der Waals surface area (Å²) in [5, 5.41) is 3.61. The predicted molar refractivity (Wildman–Crippen MR) is 135 cm³/mol. The van der Waals surface area contributed by atoms with Crippen LogP contribution in [-0.4, -0.2) is 55.5 Å². The van der Waals surface area contributed by atoms with Crippen molar-refractivity contribution in [1.29, 1.82) is 0 Å². The number of ketones is 1. The second-order valence-electron chi connectivity index (χ2n) is 9.90. The first-order valence-electron chi connectivity index (χ1n) is 12.2. The molecule has 0 radical (unpaired) electrons. The molecule has 0 spiro atoms. The summed E-state index contributed by atoms with van der Waals surface area (Å²) in [7, 11) is 1.59. The highest BCUT2D eigenvalue weighted by Crippen LogP contribution is 2.34. The van der Waals surface area contributed by atoms with Crippen LogP contribution in [0.15, 0.2) is 51.6 Å². The van der Waals surface area contributed by atoms with Crippen molar-refractivity contribution < 1.29 is 4.79 Å². The van der Waals surface area contributed by atoms with Gasteiger partial charge in [0, 0.05) is 38.3 Å². The van der Waals surface area contributed by atoms with Gasteiger partial charge in [-0.1, -0.05) is 42.0 Å². The molecule has 2 saturated heterocycles. The van der Waals surface area contributed by atoms with Crippen molar-refractivity contribution in [2.24, 2.45) is 13.0 Å². The van der Waals surface area contributed by atoms with Crippen LogP contribution >= 0.6 is 0 Å². The van der Waals surface area contributed by atoms with Crippen LogP contribution in [0.2, 0.25) is 0 Å². The molecule has 2 fully saturated rings. The van der Waals surface area contributed by atoms with Crippen molar-refractivity contribution >= 4 is 16.9 Å². The molecule has 3 unspecified atom stereocenters. The minimum absolute atomic E-state index is 0.0561. The van der Waals surface area contributed by atoms with E-state index < -0.39 is 17.3 Å². The molecule has 0 bridgehead atoms. The Balaban J connectivity index is 1.71. The Kier molecular flexibility index (Phi) is 6.29. The number of piperidine rings is 1. The van der Waals surface area contributed by atoms with Gasteiger partial charge in [-0.25, -0.2) is 9.78 Å². The molecule has 2 aromatic heterocycles. The summed E-state index contributed by atoms with van der Waals surface area (Å²) in [6.45, 7) is 6.86. The van der Waals surface area contributed by atoms with Crippen LogP contribution in [0.5, 0.6) is 0 Å². The molecule has 184 valence electrons. The molecule has 3 atom stereocenters. The molecule has 0 saturated carbocycles. The summed E-state index contributed by atoms with van der Waals surface area (Å²) >= 11 is 0. The summed E-state index contributed by atoms with van der Waals surface area (Å²) in [6, 6.07) is 8.91. The number of nitrogens with one attached hydrogen (secondary N) is 2. The Labute approximate surface area is 203 Å². The zero-order valence-electron chi connectivity index (χ0n) is 20.5. The number of nitrogens with zero attached hydrogens (tertiary/aromatic N) is 4. The average molecular weight is 477 g/mol. The van der Waals surface area contributed by atoms with E-state index in [0.717, 1.165) is 38.0 Å². The molecule has 3 aromatic rings. The van der Waals surface area contributed by atoms with Crippen molar-refractivity contribution in [3.63, 3.8) is 0 Å². The number of carbonyl (C=O) groups excluding carboxylic acids is 1. The van der Waals surface area contributed by atoms with E-state index in [-0.39, 0.29) is 11.4 Å². The summed E-state index contributed by atoms with van der Waals surface area (Å²) in [6.07, 6.45) is 4.26. The van der Waals surface area contributed by atoms with Gasteiger partial charge in [-0.3, -0.25) is 24.0 Å². The first-order valence-corrected chi connectivity index (χ1v) is 12.2. The maximum Gasteiger partial charge on any atom is 0.329 e. The van der Waals surface area contributed by atoms with Gasteiger partial charge in [0.2, 0.25) is 0 Å². The van der Waals surface area contributed by atoms with E-state index in [0.29, 0.717) is 35.4 Å². The molecule has 35 heavy (non-hydrogen) atoms. The molecule has 9 nitrogen and oxygen atoms in total. The van der Waals surface area contributed by atoms with Crippen LogP contribution in [0.4, 0.5) is 0 Å². The lowest BCUT2D eigenvalue weighted by molar-refractivity contribution is 0.0829. The van der Waals surface area contributed by atoms with Crippen molar-refractivity contribution in [3.05, 3.63) is 74.2 Å². The second-order valence-corrected chi connectivity index (χ2v) is 9.90. The third-order valence-corrected chi connectivity index (χ3v) is 7.26. The van der Waals surface area contributed by atoms with Crippen LogP contribution in [-0.2, 0) is 13.6 Å². The standard InChI is InChI=1S/C26H32N6O3/c1-16(2)11-13-32-21-23(30(3)26(35)29-25(21)34)28-24(32)20(22(33)17-8-5-4-6-9-17)31-14-18-10-7-12-27-19(18)15-31/h4-6,8-9,11,18-20,27H,7,10,12-15H2,1-3H3,(H,29,34,35). The van der Waals surface area contributed by atoms with Gasteiger partial charge in [0.1, 0.15) is 11.9 Å². The number of hydrogen-bond acceptors (Lipinski definition) is 6. The lowest BCUT2D eigenvalue weighted by Crippen LogP contribution is -2.41. The van der Waals surface area contributed by atoms with E-state index in [2.05, 4.69) is 15.2 Å². The first kappa shape index (κ1) is 23.4. The number of imidazole rings is 1. The molecule has 0 amide bonds. The normalized spacial score (nSPS) is 21.1. The van der Waals surface area contributed by atoms with Crippen molar-refractivity contribution in [1.82, 2.24) is 29.3 Å². The maximum absolute atomic E-state index is 14.1. The topological polar surface area (TPSA) is 105 Å². The van der Waals surface area contributed by atoms with Crippen LogP contribution < -0.4 is 16.6 Å². The van der Waals surface area contributed by atoms with E-state index >= 15 is 0 Å². The quantitative estimate of drug-likeness (QED) is 0.417. The van der Waals surface area contributed by atoms with Gasteiger partial charge in [0.25, 0.3) is 5.56 Å². The fraction of sp³-hybridized carbons (Fsp3) is 0.462. The van der Waals surface area contributed by atoms with Gasteiger partial charge in [-0.15, -0.1) is 0 Å². The Bertz CT molecular complexity index is 1380. The van der Waals surface area contributed by atoms with Crippen molar-refractivity contribution in [3.8, 4) is 0 Å². The lowest BCUT2D eigenvalue weighted by Gasteiger charge is -2.27. The highest BCUT2D eigenvalue weighted by Gasteiger charge is 2.42. The van der Waals surface area contributed by atoms with Gasteiger partial charge >= 0.3 is 5.69 Å². The third-order valence-electron chi connectivity index (χ3n) is 7.26. The summed E-state index contributed by atoms with van der Waals surface area (Å²) in [5.74, 6) is 0.911. The number of aryl methyl sites for hydroxylation is 1. The number of benzene rings is 1. The number of aromatic nitrogens is 4. The molecule has 1 aromatic carbocycles. The predicted octanol–water partition coefficient (Wildman–Crippen LogP) is 2.00. The van der Waals surface area contributed by atoms with Crippen LogP contribution in [0, 0.1) is 5.92 Å². The number of H-pyrrole nitrogens is 1. The second kappa shape index (κ2) is 9.39. The Hall–Kier alpha value is -3.30. The minimum Gasteiger partial charge on any atom is -0.316 e. The summed E-state index contributed by atoms with van der Waals surface area (Å²) in [4.78, 5) is 48.8. The number of rotatable bonds is 6. The summed E-state index contributed by atoms with van der Waals surface area (Å²) < 4.78 is 3.15. The van der Waals surface area contributed by atoms with E-state index in [1.165, 1.54) is 4.57 Å². The molecular weight excluding hydrogens is 444 g/mol. The molecule has 5 rings (SSSR count). The number of carbonyl (C=O) groups is 1. The van der Waals surface area contributed by atoms with Crippen molar-refractivity contribution in [2.45, 2.75) is 45.3 Å². The number of fused-ring (bicyclic) bond motifs is 2. The van der Waals surface area contributed by atoms with Crippen LogP contribution in [0.3, 0.4) is 0 Å². The largest absolute Gasteiger partial charge is 0.329 e. The van der Waals surface area contributed by atoms with E-state index in [1.807, 2.05) is 54.8 Å². The molecule has 2 N–H and O–H groups in total. The molecule has 4 heterocycles. The molecule has 9 heteroatoms. The lowest BCUT2D eigenvalue weighted by atomic mass is 9.94. The van der Waals surface area contributed by atoms with Crippen LogP contribution in [0.25, 0.3) is 11.2 Å². The fourth-order valence-corrected chi connectivity index (χ4v) is 5.42. The number of hydrogen-bond donors (Lipinski definition) is 2. The molecule has 2 aliphatic rings. The smallest absolute Gasteiger partial charge is 0.316 e. The van der Waals surface area contributed by atoms with E-state index in [9.17, 15) is 14.4 Å². The highest BCUT2D eigenvalue weighted by molar-refractivity contribution is 6.00. The maximum atomic E-state index is 14.1. The molecule has 0 aliphatic carbocycles. The third kappa shape index (κ3) is 4.30. The average Bonchev–Trinajstić information content (AvgIpc) is 3.44. The monoisotopic (exact) mass is 476 g/mol. The van der Waals surface area contributed by atoms with Gasteiger partial charge in [0.15, 0.2) is 16.9 Å². The van der Waals surface area contributed by atoms with E-state index in [1.54, 1.807) is 7.05 Å². The molecule has 2 aliphatic heterocycles. The SMILES string of the molecule is CC(C)=CCn1c(C(C(=O)c2ccccc2)N2CC3CCCNC3C2)nc2c1c(=O)[nH]c(=O)n2C. The Morgan fingerprint density at radius 1 is 1.20 bits per heavy atom.